The largest absolute Gasteiger partial charge is 0.493 e. The van der Waals surface area contributed by atoms with Crippen molar-refractivity contribution in [2.75, 3.05) is 40.4 Å². The van der Waals surface area contributed by atoms with E-state index in [1.165, 1.54) is 0 Å². The molecule has 1 fully saturated rings. The van der Waals surface area contributed by atoms with Crippen LogP contribution >= 0.6 is 0 Å². The number of ether oxygens (including phenoxy) is 2. The number of rotatable bonds is 7. The van der Waals surface area contributed by atoms with Crippen molar-refractivity contribution in [1.29, 1.82) is 0 Å². The minimum absolute atomic E-state index is 0.0283. The fraction of sp³-hybridized carbons (Fsp3) is 0.250. The van der Waals surface area contributed by atoms with Crippen LogP contribution in [0, 0.1) is 0 Å². The fourth-order valence-corrected chi connectivity index (χ4v) is 4.44. The highest BCUT2D eigenvalue weighted by Gasteiger charge is 2.27. The molecule has 0 atom stereocenters. The Balaban J connectivity index is 1.42. The summed E-state index contributed by atoms with van der Waals surface area (Å²) in [6.07, 6.45) is 3.64. The van der Waals surface area contributed by atoms with Crippen LogP contribution < -0.4 is 9.47 Å². The zero-order chi connectivity index (χ0) is 24.9. The van der Waals surface area contributed by atoms with Crippen LogP contribution in [0.3, 0.4) is 0 Å². The number of pyridine rings is 1. The maximum atomic E-state index is 13.8. The molecule has 8 heteroatoms. The van der Waals surface area contributed by atoms with Gasteiger partial charge in [0.05, 0.1) is 31.2 Å². The molecule has 2 aromatic heterocycles. The number of para-hydroxylation sites is 1. The highest BCUT2D eigenvalue weighted by Crippen LogP contribution is 2.34. The molecule has 0 radical (unpaired) electrons. The van der Waals surface area contributed by atoms with Gasteiger partial charge in [0.15, 0.2) is 11.5 Å². The predicted octanol–water partition coefficient (Wildman–Crippen LogP) is 3.91. The molecule has 0 saturated carbocycles. The summed E-state index contributed by atoms with van der Waals surface area (Å²) in [5.41, 5.74) is 3.89. The van der Waals surface area contributed by atoms with E-state index in [1.807, 2.05) is 84.0 Å². The number of amides is 1. The number of aromatic nitrogens is 3. The highest BCUT2D eigenvalue weighted by atomic mass is 16.5. The normalized spacial score (nSPS) is 14.0. The lowest BCUT2D eigenvalue weighted by Crippen LogP contribution is -2.48. The van der Waals surface area contributed by atoms with Crippen molar-refractivity contribution in [3.63, 3.8) is 0 Å². The third kappa shape index (κ3) is 4.94. The maximum Gasteiger partial charge on any atom is 0.257 e. The Morgan fingerprint density at radius 2 is 1.64 bits per heavy atom. The lowest BCUT2D eigenvalue weighted by molar-refractivity contribution is 0.0628. The van der Waals surface area contributed by atoms with Gasteiger partial charge < -0.3 is 14.4 Å². The van der Waals surface area contributed by atoms with E-state index in [0.29, 0.717) is 35.8 Å². The van der Waals surface area contributed by atoms with E-state index in [0.717, 1.165) is 36.6 Å². The molecule has 0 bridgehead atoms. The molecule has 184 valence electrons. The van der Waals surface area contributed by atoms with Crippen LogP contribution in [0.25, 0.3) is 16.9 Å². The molecule has 0 unspecified atom stereocenters. The fourth-order valence-electron chi connectivity index (χ4n) is 4.44. The van der Waals surface area contributed by atoms with E-state index < -0.39 is 0 Å². The van der Waals surface area contributed by atoms with Crippen molar-refractivity contribution >= 4 is 5.91 Å². The number of benzene rings is 2. The smallest absolute Gasteiger partial charge is 0.257 e. The Morgan fingerprint density at radius 3 is 2.33 bits per heavy atom. The topological polar surface area (TPSA) is 72.7 Å². The molecule has 1 aliphatic heterocycles. The Labute approximate surface area is 210 Å². The molecule has 2 aromatic carbocycles. The van der Waals surface area contributed by atoms with Gasteiger partial charge >= 0.3 is 0 Å². The summed E-state index contributed by atoms with van der Waals surface area (Å²) in [5.74, 6) is 1.19. The summed E-state index contributed by atoms with van der Waals surface area (Å²) in [6.45, 7) is 3.66. The van der Waals surface area contributed by atoms with E-state index in [2.05, 4.69) is 9.88 Å². The molecule has 36 heavy (non-hydrogen) atoms. The maximum absolute atomic E-state index is 13.8. The summed E-state index contributed by atoms with van der Waals surface area (Å²) in [6, 6.07) is 21.4. The third-order valence-electron chi connectivity index (χ3n) is 6.39. The van der Waals surface area contributed by atoms with E-state index in [1.54, 1.807) is 18.9 Å². The van der Waals surface area contributed by atoms with Crippen molar-refractivity contribution in [2.24, 2.45) is 0 Å². The zero-order valence-electron chi connectivity index (χ0n) is 20.5. The first-order valence-electron chi connectivity index (χ1n) is 12.0. The molecule has 1 saturated heterocycles. The molecule has 8 nitrogen and oxygen atoms in total. The lowest BCUT2D eigenvalue weighted by Gasteiger charge is -2.34. The van der Waals surface area contributed by atoms with Crippen LogP contribution in [0.15, 0.2) is 79.1 Å². The Morgan fingerprint density at radius 1 is 0.889 bits per heavy atom. The SMILES string of the molecule is COc1ccc(-c2nn(-c3ccccc3)cc2C(=O)N2CCN(Cc3ccccn3)CC2)cc1OC. The van der Waals surface area contributed by atoms with Crippen molar-refractivity contribution in [1.82, 2.24) is 24.6 Å². The Kier molecular flexibility index (Phi) is 6.95. The number of hydrogen-bond donors (Lipinski definition) is 0. The van der Waals surface area contributed by atoms with Gasteiger partial charge in [-0.15, -0.1) is 0 Å². The lowest BCUT2D eigenvalue weighted by atomic mass is 10.1. The van der Waals surface area contributed by atoms with Gasteiger partial charge in [-0.3, -0.25) is 14.7 Å². The summed E-state index contributed by atoms with van der Waals surface area (Å²) >= 11 is 0. The number of piperazine rings is 1. The van der Waals surface area contributed by atoms with Gasteiger partial charge in [-0.1, -0.05) is 24.3 Å². The van der Waals surface area contributed by atoms with Gasteiger partial charge in [0, 0.05) is 50.7 Å². The van der Waals surface area contributed by atoms with Crippen LogP contribution in [-0.2, 0) is 6.54 Å². The number of hydrogen-bond acceptors (Lipinski definition) is 6. The summed E-state index contributed by atoms with van der Waals surface area (Å²) in [4.78, 5) is 22.4. The van der Waals surface area contributed by atoms with Crippen LogP contribution in [-0.4, -0.2) is 70.9 Å². The average molecular weight is 484 g/mol. The Hall–Kier alpha value is -4.17. The third-order valence-corrected chi connectivity index (χ3v) is 6.39. The van der Waals surface area contributed by atoms with Gasteiger partial charge in [-0.25, -0.2) is 4.68 Å². The molecular weight excluding hydrogens is 454 g/mol. The molecule has 1 aliphatic rings. The molecular formula is C28H29N5O3. The number of nitrogens with zero attached hydrogens (tertiary/aromatic N) is 5. The molecule has 0 N–H and O–H groups in total. The highest BCUT2D eigenvalue weighted by molar-refractivity contribution is 6.00. The predicted molar refractivity (Wildman–Crippen MR) is 138 cm³/mol. The number of methoxy groups -OCH3 is 2. The zero-order valence-corrected chi connectivity index (χ0v) is 20.5. The van der Waals surface area contributed by atoms with Gasteiger partial charge in [0.2, 0.25) is 0 Å². The van der Waals surface area contributed by atoms with Gasteiger partial charge in [-0.05, 0) is 42.5 Å². The molecule has 3 heterocycles. The van der Waals surface area contributed by atoms with Crippen LogP contribution in [0.4, 0.5) is 0 Å². The van der Waals surface area contributed by atoms with Gasteiger partial charge in [-0.2, -0.15) is 5.10 Å². The van der Waals surface area contributed by atoms with E-state index >= 15 is 0 Å². The Bertz CT molecular complexity index is 1320. The van der Waals surface area contributed by atoms with Crippen LogP contribution in [0.2, 0.25) is 0 Å². The minimum Gasteiger partial charge on any atom is -0.493 e. The molecule has 0 aliphatic carbocycles. The second-order valence-corrected chi connectivity index (χ2v) is 8.63. The first-order chi connectivity index (χ1) is 17.7. The monoisotopic (exact) mass is 483 g/mol. The van der Waals surface area contributed by atoms with Crippen molar-refractivity contribution in [3.05, 3.63) is 90.4 Å². The summed E-state index contributed by atoms with van der Waals surface area (Å²) < 4.78 is 12.7. The average Bonchev–Trinajstić information content (AvgIpc) is 3.39. The number of carbonyl (C=O) groups is 1. The van der Waals surface area contributed by atoms with Gasteiger partial charge in [0.25, 0.3) is 5.91 Å². The van der Waals surface area contributed by atoms with E-state index in [4.69, 9.17) is 14.6 Å². The van der Waals surface area contributed by atoms with E-state index in [9.17, 15) is 4.79 Å². The van der Waals surface area contributed by atoms with Crippen molar-refractivity contribution in [2.45, 2.75) is 6.54 Å². The van der Waals surface area contributed by atoms with Crippen LogP contribution in [0.5, 0.6) is 11.5 Å². The first-order valence-corrected chi connectivity index (χ1v) is 12.0. The molecule has 1 amide bonds. The minimum atomic E-state index is -0.0283. The summed E-state index contributed by atoms with van der Waals surface area (Å²) in [5, 5.41) is 4.82. The number of carbonyl (C=O) groups excluding carboxylic acids is 1. The molecule has 0 spiro atoms. The second kappa shape index (κ2) is 10.6. The van der Waals surface area contributed by atoms with Crippen molar-refractivity contribution in [3.8, 4) is 28.4 Å². The molecule has 5 rings (SSSR count). The van der Waals surface area contributed by atoms with Crippen molar-refractivity contribution < 1.29 is 14.3 Å². The summed E-state index contributed by atoms with van der Waals surface area (Å²) in [7, 11) is 3.20. The first kappa shape index (κ1) is 23.6. The quantitative estimate of drug-likeness (QED) is 0.397. The van der Waals surface area contributed by atoms with Crippen LogP contribution in [0.1, 0.15) is 16.1 Å². The van der Waals surface area contributed by atoms with Gasteiger partial charge in [0.1, 0.15) is 5.69 Å². The standard InChI is InChI=1S/C28H29N5O3/c1-35-25-12-11-21(18-26(25)36-2)27-24(20-33(30-27)23-9-4-3-5-10-23)28(34)32-16-14-31(15-17-32)19-22-8-6-7-13-29-22/h3-13,18,20H,14-17,19H2,1-2H3. The molecule has 4 aromatic rings. The second-order valence-electron chi connectivity index (χ2n) is 8.63. The van der Waals surface area contributed by atoms with E-state index in [-0.39, 0.29) is 5.91 Å².